The summed E-state index contributed by atoms with van der Waals surface area (Å²) < 4.78 is 61.7. The highest BCUT2D eigenvalue weighted by Crippen LogP contribution is 2.38. The van der Waals surface area contributed by atoms with Crippen molar-refractivity contribution in [3.05, 3.63) is 23.0 Å². The Kier molecular flexibility index (Phi) is 2.98. The lowest BCUT2D eigenvalue weighted by atomic mass is 10.1. The Bertz CT molecular complexity index is 446. The Hall–Kier alpha value is -1.91. The Morgan fingerprint density at radius 2 is 1.94 bits per heavy atom. The van der Waals surface area contributed by atoms with Gasteiger partial charge in [0.2, 0.25) is 0 Å². The second-order valence-electron chi connectivity index (χ2n) is 2.76. The van der Waals surface area contributed by atoms with Crippen molar-refractivity contribution in [2.45, 2.75) is 12.6 Å². The van der Waals surface area contributed by atoms with Crippen LogP contribution in [0.4, 0.5) is 27.6 Å². The lowest BCUT2D eigenvalue weighted by molar-refractivity contribution is -0.137. The third kappa shape index (κ3) is 2.03. The molecule has 1 aromatic rings. The van der Waals surface area contributed by atoms with Crippen molar-refractivity contribution in [2.75, 3.05) is 5.73 Å². The van der Waals surface area contributed by atoms with E-state index in [4.69, 9.17) is 11.0 Å². The molecule has 0 unspecified atom stereocenters. The maximum Gasteiger partial charge on any atom is 0.419 e. The monoisotopic (exact) mass is 237 g/mol. The third-order valence-corrected chi connectivity index (χ3v) is 1.79. The van der Waals surface area contributed by atoms with Gasteiger partial charge in [-0.3, -0.25) is 0 Å². The Labute approximate surface area is 86.3 Å². The maximum absolute atomic E-state index is 12.4. The van der Waals surface area contributed by atoms with Crippen LogP contribution in [0, 0.1) is 11.3 Å². The molecule has 2 N–H and O–H groups in total. The van der Waals surface area contributed by atoms with Gasteiger partial charge >= 0.3 is 6.18 Å². The predicted octanol–water partition coefficient (Wildman–Crippen LogP) is 2.49. The quantitative estimate of drug-likeness (QED) is 0.763. The fraction of sp³-hybridized carbons (Fsp3) is 0.250. The van der Waals surface area contributed by atoms with Gasteiger partial charge in [0.1, 0.15) is 6.07 Å². The average molecular weight is 237 g/mol. The van der Waals surface area contributed by atoms with Crippen LogP contribution in [0.2, 0.25) is 0 Å². The van der Waals surface area contributed by atoms with Gasteiger partial charge in [-0.05, 0) is 0 Å². The summed E-state index contributed by atoms with van der Waals surface area (Å²) in [6.07, 6.45) is -7.90. The van der Waals surface area contributed by atoms with Gasteiger partial charge in [0, 0.05) is 6.20 Å². The molecular weight excluding hydrogens is 233 g/mol. The highest BCUT2D eigenvalue weighted by molar-refractivity contribution is 5.58. The van der Waals surface area contributed by atoms with Crippen LogP contribution in [0.1, 0.15) is 23.2 Å². The summed E-state index contributed by atoms with van der Waals surface area (Å²) in [5.41, 5.74) is 0.339. The van der Waals surface area contributed by atoms with Gasteiger partial charge in [0.05, 0.1) is 16.8 Å². The summed E-state index contributed by atoms with van der Waals surface area (Å²) in [6.45, 7) is 0. The molecule has 0 aliphatic carbocycles. The molecule has 86 valence electrons. The Balaban J connectivity index is 3.52. The van der Waals surface area contributed by atoms with Crippen molar-refractivity contribution < 1.29 is 22.0 Å². The van der Waals surface area contributed by atoms with E-state index in [1.807, 2.05) is 0 Å². The minimum absolute atomic E-state index is 0.264. The number of halogens is 5. The molecule has 1 aromatic heterocycles. The van der Waals surface area contributed by atoms with Crippen molar-refractivity contribution in [3.63, 3.8) is 0 Å². The van der Waals surface area contributed by atoms with Crippen LogP contribution in [0.25, 0.3) is 0 Å². The number of nitrogen functional groups attached to an aromatic ring is 1. The van der Waals surface area contributed by atoms with Crippen LogP contribution < -0.4 is 5.73 Å². The number of anilines is 1. The standard InChI is InChI=1S/C8H4F5N3/c9-7(10)5-4(1-14)16-2-3(6(5)15)8(11,12)13/h2,7H,(H2,15,16). The van der Waals surface area contributed by atoms with Crippen molar-refractivity contribution in [2.24, 2.45) is 0 Å². The summed E-state index contributed by atoms with van der Waals surface area (Å²) in [5.74, 6) is 0. The van der Waals surface area contributed by atoms with Gasteiger partial charge in [-0.15, -0.1) is 0 Å². The van der Waals surface area contributed by atoms with E-state index in [0.717, 1.165) is 0 Å². The zero-order valence-corrected chi connectivity index (χ0v) is 7.52. The van der Waals surface area contributed by atoms with E-state index < -0.39 is 35.1 Å². The van der Waals surface area contributed by atoms with Crippen LogP contribution in [0.15, 0.2) is 6.20 Å². The van der Waals surface area contributed by atoms with Crippen LogP contribution in [0.5, 0.6) is 0 Å². The molecule has 1 rings (SSSR count). The van der Waals surface area contributed by atoms with E-state index >= 15 is 0 Å². The van der Waals surface area contributed by atoms with Crippen LogP contribution >= 0.6 is 0 Å². The number of nitriles is 1. The first-order valence-electron chi connectivity index (χ1n) is 3.82. The van der Waals surface area contributed by atoms with E-state index in [-0.39, 0.29) is 6.20 Å². The first-order valence-corrected chi connectivity index (χ1v) is 3.82. The molecule has 0 fully saturated rings. The number of hydrogen-bond donors (Lipinski definition) is 1. The van der Waals surface area contributed by atoms with Gasteiger partial charge in [-0.1, -0.05) is 0 Å². The largest absolute Gasteiger partial charge is 0.419 e. The van der Waals surface area contributed by atoms with Crippen LogP contribution in [-0.4, -0.2) is 4.98 Å². The van der Waals surface area contributed by atoms with Crippen molar-refractivity contribution in [1.82, 2.24) is 4.98 Å². The molecule has 0 radical (unpaired) electrons. The van der Waals surface area contributed by atoms with Gasteiger partial charge < -0.3 is 5.73 Å². The number of hydrogen-bond acceptors (Lipinski definition) is 3. The number of aromatic nitrogens is 1. The van der Waals surface area contributed by atoms with Crippen molar-refractivity contribution in [3.8, 4) is 6.07 Å². The van der Waals surface area contributed by atoms with Gasteiger partial charge in [-0.25, -0.2) is 13.8 Å². The topological polar surface area (TPSA) is 62.7 Å². The van der Waals surface area contributed by atoms with E-state index in [1.165, 1.54) is 6.07 Å². The molecule has 0 saturated heterocycles. The fourth-order valence-corrected chi connectivity index (χ4v) is 1.08. The molecule has 0 aliphatic rings. The zero-order valence-electron chi connectivity index (χ0n) is 7.52. The summed E-state index contributed by atoms with van der Waals surface area (Å²) in [5, 5.41) is 8.40. The summed E-state index contributed by atoms with van der Waals surface area (Å²) in [6, 6.07) is 1.26. The van der Waals surface area contributed by atoms with Crippen LogP contribution in [0.3, 0.4) is 0 Å². The van der Waals surface area contributed by atoms with Gasteiger partial charge in [-0.2, -0.15) is 18.4 Å². The highest BCUT2D eigenvalue weighted by atomic mass is 19.4. The summed E-state index contributed by atoms with van der Waals surface area (Å²) >= 11 is 0. The first-order chi connectivity index (χ1) is 7.29. The molecule has 0 saturated carbocycles. The second kappa shape index (κ2) is 3.92. The molecule has 0 amide bonds. The number of alkyl halides is 5. The normalized spacial score (nSPS) is 11.6. The SMILES string of the molecule is N#Cc1ncc(C(F)(F)F)c(N)c1C(F)F. The molecule has 0 aliphatic heterocycles. The molecule has 0 atom stereocenters. The van der Waals surface area contributed by atoms with Crippen LogP contribution in [-0.2, 0) is 6.18 Å². The lowest BCUT2D eigenvalue weighted by Gasteiger charge is -2.13. The molecule has 1 heterocycles. The highest BCUT2D eigenvalue weighted by Gasteiger charge is 2.36. The zero-order chi connectivity index (χ0) is 12.5. The van der Waals surface area contributed by atoms with Crippen molar-refractivity contribution >= 4 is 5.69 Å². The summed E-state index contributed by atoms with van der Waals surface area (Å²) in [7, 11) is 0. The minimum Gasteiger partial charge on any atom is -0.398 e. The molecule has 8 heteroatoms. The van der Waals surface area contributed by atoms with E-state index in [0.29, 0.717) is 0 Å². The Morgan fingerprint density at radius 3 is 2.31 bits per heavy atom. The number of pyridine rings is 1. The minimum atomic E-state index is -4.88. The molecule has 16 heavy (non-hydrogen) atoms. The molecular formula is C8H4F5N3. The predicted molar refractivity (Wildman–Crippen MR) is 43.3 cm³/mol. The van der Waals surface area contributed by atoms with E-state index in [1.54, 1.807) is 0 Å². The van der Waals surface area contributed by atoms with Gasteiger partial charge in [0.15, 0.2) is 5.69 Å². The van der Waals surface area contributed by atoms with Crippen molar-refractivity contribution in [1.29, 1.82) is 5.26 Å². The number of rotatable bonds is 1. The first kappa shape index (κ1) is 12.2. The summed E-state index contributed by atoms with van der Waals surface area (Å²) in [4.78, 5) is 3.00. The molecule has 0 bridgehead atoms. The maximum atomic E-state index is 12.4. The lowest BCUT2D eigenvalue weighted by Crippen LogP contribution is -2.13. The van der Waals surface area contributed by atoms with Gasteiger partial charge in [0.25, 0.3) is 6.43 Å². The smallest absolute Gasteiger partial charge is 0.398 e. The fourth-order valence-electron chi connectivity index (χ4n) is 1.08. The third-order valence-electron chi connectivity index (χ3n) is 1.79. The number of nitrogens with two attached hydrogens (primary N) is 1. The molecule has 0 spiro atoms. The van der Waals surface area contributed by atoms with E-state index in [9.17, 15) is 22.0 Å². The average Bonchev–Trinajstić information content (AvgIpc) is 2.14. The Morgan fingerprint density at radius 1 is 1.38 bits per heavy atom. The molecule has 0 aromatic carbocycles. The van der Waals surface area contributed by atoms with E-state index in [2.05, 4.69) is 4.98 Å². The second-order valence-corrected chi connectivity index (χ2v) is 2.76. The molecule has 3 nitrogen and oxygen atoms in total. The number of nitrogens with zero attached hydrogens (tertiary/aromatic N) is 2.